The Balaban J connectivity index is 0.000000225. The highest BCUT2D eigenvalue weighted by Gasteiger charge is 2.38. The van der Waals surface area contributed by atoms with Crippen molar-refractivity contribution in [1.82, 2.24) is 0 Å². The fraction of sp³-hybridized carbons (Fsp3) is 1.00. The zero-order valence-corrected chi connectivity index (χ0v) is 15.5. The van der Waals surface area contributed by atoms with Crippen molar-refractivity contribution in [3.8, 4) is 0 Å². The first-order chi connectivity index (χ1) is 8.63. The molecule has 2 atom stereocenters. The maximum atomic E-state index is 8.57. The number of hydrogen-bond donors (Lipinski definition) is 2. The highest BCUT2D eigenvalue weighted by atomic mass is 32.4. The maximum absolute atomic E-state index is 8.57. The smallest absolute Gasteiger partial charge is 0.264 e. The lowest BCUT2D eigenvalue weighted by Crippen LogP contribution is -2.40. The normalized spacial score (nSPS) is 28.7. The van der Waals surface area contributed by atoms with Crippen LogP contribution in [-0.4, -0.2) is 42.5 Å². The molecule has 2 aliphatic heterocycles. The van der Waals surface area contributed by atoms with Crippen LogP contribution in [0, 0.1) is 0 Å². The van der Waals surface area contributed by atoms with E-state index >= 15 is 0 Å². The zero-order valence-electron chi connectivity index (χ0n) is 11.7. The first-order valence-electron chi connectivity index (χ1n) is 7.25. The second-order valence-corrected chi connectivity index (χ2v) is 18.0. The molecule has 108 valence electrons. The summed E-state index contributed by atoms with van der Waals surface area (Å²) in [7, 11) is -2.26. The Morgan fingerprint density at radius 1 is 1.22 bits per heavy atom. The van der Waals surface area contributed by atoms with Crippen LogP contribution in [0.15, 0.2) is 0 Å². The molecule has 0 aliphatic carbocycles. The third-order valence-corrected chi connectivity index (χ3v) is 17.7. The zero-order chi connectivity index (χ0) is 13.4. The van der Waals surface area contributed by atoms with Crippen LogP contribution in [0.3, 0.4) is 0 Å². The van der Waals surface area contributed by atoms with Crippen LogP contribution in [0.1, 0.15) is 39.5 Å². The van der Waals surface area contributed by atoms with Gasteiger partial charge in [-0.05, 0) is 23.9 Å². The third-order valence-electron chi connectivity index (χ3n) is 3.70. The summed E-state index contributed by atoms with van der Waals surface area (Å²) < 4.78 is 0. The number of aliphatic hydroxyl groups is 1. The van der Waals surface area contributed by atoms with Crippen LogP contribution in [0.25, 0.3) is 0 Å². The van der Waals surface area contributed by atoms with E-state index in [0.717, 1.165) is 5.75 Å². The summed E-state index contributed by atoms with van der Waals surface area (Å²) in [5.74, 6) is 2.24. The van der Waals surface area contributed by atoms with Gasteiger partial charge in [-0.25, -0.2) is 0 Å². The van der Waals surface area contributed by atoms with Crippen LogP contribution in [-0.2, 0) is 0 Å². The summed E-state index contributed by atoms with van der Waals surface area (Å²) in [6.07, 6.45) is 5.81. The van der Waals surface area contributed by atoms with Crippen LogP contribution in [0.2, 0.25) is 18.1 Å². The molecular formula is C12H28O2S2Si2. The second-order valence-electron chi connectivity index (χ2n) is 5.28. The summed E-state index contributed by atoms with van der Waals surface area (Å²) in [5, 5.41) is 8.51. The summed E-state index contributed by atoms with van der Waals surface area (Å²) in [4.78, 5) is 8.57. The number of aliphatic hydroxyl groups excluding tert-OH is 1. The molecule has 0 spiro atoms. The van der Waals surface area contributed by atoms with Crippen molar-refractivity contribution in [1.29, 1.82) is 0 Å². The van der Waals surface area contributed by atoms with E-state index in [9.17, 15) is 0 Å². The highest BCUT2D eigenvalue weighted by molar-refractivity contribution is 8.31. The molecule has 0 aromatic heterocycles. The molecule has 2 N–H and O–H groups in total. The molecule has 0 radical (unpaired) electrons. The van der Waals surface area contributed by atoms with Crippen molar-refractivity contribution in [2.45, 2.75) is 63.4 Å². The molecule has 2 aliphatic rings. The van der Waals surface area contributed by atoms with Gasteiger partial charge in [0.1, 0.15) is 7.22 Å². The van der Waals surface area contributed by atoms with Crippen molar-refractivity contribution in [3.05, 3.63) is 0 Å². The van der Waals surface area contributed by atoms with Crippen LogP contribution >= 0.6 is 22.4 Å². The van der Waals surface area contributed by atoms with Crippen molar-refractivity contribution >= 4 is 37.8 Å². The molecule has 2 saturated heterocycles. The largest absolute Gasteiger partial charge is 0.424 e. The van der Waals surface area contributed by atoms with E-state index in [-0.39, 0.29) is 5.73 Å². The molecular weight excluding hydrogens is 296 g/mol. The Hall–Kier alpha value is 1.05. The lowest BCUT2D eigenvalue weighted by atomic mass is 10.4. The average molecular weight is 325 g/mol. The lowest BCUT2D eigenvalue weighted by molar-refractivity contribution is 0.252. The Morgan fingerprint density at radius 2 is 1.72 bits per heavy atom. The minimum atomic E-state index is -1.59. The molecule has 0 amide bonds. The molecule has 0 aromatic rings. The van der Waals surface area contributed by atoms with Gasteiger partial charge < -0.3 is 9.90 Å². The summed E-state index contributed by atoms with van der Waals surface area (Å²) in [6, 6.07) is 4.88. The molecule has 0 bridgehead atoms. The summed E-state index contributed by atoms with van der Waals surface area (Å²) in [6.45, 7) is 4.65. The van der Waals surface area contributed by atoms with Gasteiger partial charge in [-0.3, -0.25) is 0 Å². The van der Waals surface area contributed by atoms with Crippen molar-refractivity contribution < 1.29 is 9.90 Å². The summed E-state index contributed by atoms with van der Waals surface area (Å²) in [5.41, 5.74) is -0.310. The van der Waals surface area contributed by atoms with Crippen LogP contribution < -0.4 is 0 Å². The van der Waals surface area contributed by atoms with Gasteiger partial charge >= 0.3 is 0 Å². The molecule has 18 heavy (non-hydrogen) atoms. The van der Waals surface area contributed by atoms with E-state index < -0.39 is 15.4 Å². The first kappa shape index (κ1) is 17.1. The Labute approximate surface area is 122 Å². The topological polar surface area (TPSA) is 40.5 Å². The second kappa shape index (κ2) is 9.07. The van der Waals surface area contributed by atoms with E-state index in [2.05, 4.69) is 25.1 Å². The van der Waals surface area contributed by atoms with Gasteiger partial charge in [0.05, 0.1) is 5.73 Å². The van der Waals surface area contributed by atoms with Crippen molar-refractivity contribution in [3.63, 3.8) is 0 Å². The quantitative estimate of drug-likeness (QED) is 0.737. The van der Waals surface area contributed by atoms with Crippen LogP contribution in [0.5, 0.6) is 0 Å². The molecule has 0 saturated carbocycles. The number of rotatable bonds is 6. The Kier molecular flexibility index (Phi) is 8.62. The monoisotopic (exact) mass is 324 g/mol. The van der Waals surface area contributed by atoms with Gasteiger partial charge in [-0.1, -0.05) is 39.5 Å². The lowest BCUT2D eigenvalue weighted by Gasteiger charge is -2.39. The molecule has 6 heteroatoms. The SMILES string of the molecule is CCCC[Si]1(CCCC)CCS1.OC1CS[SiH]1O. The highest BCUT2D eigenvalue weighted by Crippen LogP contribution is 2.45. The van der Waals surface area contributed by atoms with Gasteiger partial charge in [0.15, 0.2) is 0 Å². The fourth-order valence-electron chi connectivity index (χ4n) is 2.18. The number of unbranched alkanes of at least 4 members (excludes halogenated alkanes) is 2. The standard InChI is InChI=1S/C10H22SSi.C2H6O2SSi/c1-3-5-8-12(9-6-4-2)10-7-11-12;3-2-1-5-6(2)4/h3-10H2,1-2H3;2-4,6H,1H2. The maximum Gasteiger partial charge on any atom is 0.264 e. The van der Waals surface area contributed by atoms with Crippen molar-refractivity contribution in [2.75, 3.05) is 11.5 Å². The van der Waals surface area contributed by atoms with Gasteiger partial charge in [0.25, 0.3) is 8.19 Å². The predicted octanol–water partition coefficient (Wildman–Crippen LogP) is 3.13. The molecule has 2 fully saturated rings. The molecule has 2 rings (SSSR count). The van der Waals surface area contributed by atoms with Gasteiger partial charge in [0, 0.05) is 5.75 Å². The minimum Gasteiger partial charge on any atom is -0.424 e. The van der Waals surface area contributed by atoms with E-state index in [1.165, 1.54) is 42.6 Å². The Bertz CT molecular complexity index is 210. The molecule has 2 heterocycles. The van der Waals surface area contributed by atoms with E-state index in [1.807, 2.05) is 0 Å². The summed E-state index contributed by atoms with van der Waals surface area (Å²) >= 11 is 3.88. The van der Waals surface area contributed by atoms with E-state index in [4.69, 9.17) is 9.90 Å². The molecule has 0 aromatic carbocycles. The van der Waals surface area contributed by atoms with E-state index in [1.54, 1.807) is 18.1 Å². The first-order valence-corrected chi connectivity index (χ1v) is 15.2. The predicted molar refractivity (Wildman–Crippen MR) is 90.3 cm³/mol. The molecule has 2 nitrogen and oxygen atoms in total. The average Bonchev–Trinajstić information content (AvgIpc) is 2.36. The van der Waals surface area contributed by atoms with Gasteiger partial charge in [0.2, 0.25) is 0 Å². The van der Waals surface area contributed by atoms with Crippen molar-refractivity contribution in [2.24, 2.45) is 0 Å². The van der Waals surface area contributed by atoms with Crippen LogP contribution in [0.4, 0.5) is 0 Å². The van der Waals surface area contributed by atoms with Gasteiger partial charge in [-0.2, -0.15) is 22.4 Å². The minimum absolute atomic E-state index is 0.310. The van der Waals surface area contributed by atoms with Gasteiger partial charge in [-0.15, -0.1) is 0 Å². The third kappa shape index (κ3) is 5.58. The molecule has 2 unspecified atom stereocenters. The fourth-order valence-corrected chi connectivity index (χ4v) is 12.2. The van der Waals surface area contributed by atoms with E-state index in [0.29, 0.717) is 0 Å². The Morgan fingerprint density at radius 3 is 1.89 bits per heavy atom. The number of hydrogen-bond acceptors (Lipinski definition) is 4.